The SMILES string of the molecule is CCCN(CCC)CCCN1CC(CN=[N+]=[N-])CC1=O. The molecule has 0 aromatic heterocycles. The van der Waals surface area contributed by atoms with E-state index in [-0.39, 0.29) is 11.8 Å². The Kier molecular flexibility index (Phi) is 8.07. The van der Waals surface area contributed by atoms with E-state index in [1.807, 2.05) is 4.90 Å². The summed E-state index contributed by atoms with van der Waals surface area (Å²) < 4.78 is 0. The summed E-state index contributed by atoms with van der Waals surface area (Å²) in [6.07, 6.45) is 3.92. The highest BCUT2D eigenvalue weighted by molar-refractivity contribution is 5.78. The van der Waals surface area contributed by atoms with Gasteiger partial charge in [-0.2, -0.15) is 0 Å². The summed E-state index contributed by atoms with van der Waals surface area (Å²) >= 11 is 0. The molecule has 0 radical (unpaired) electrons. The Morgan fingerprint density at radius 3 is 2.65 bits per heavy atom. The lowest BCUT2D eigenvalue weighted by Gasteiger charge is -2.23. The van der Waals surface area contributed by atoms with Crippen LogP contribution in [-0.2, 0) is 4.79 Å². The zero-order chi connectivity index (χ0) is 14.8. The van der Waals surface area contributed by atoms with E-state index in [4.69, 9.17) is 5.53 Å². The van der Waals surface area contributed by atoms with Crippen LogP contribution in [0, 0.1) is 5.92 Å². The van der Waals surface area contributed by atoms with Gasteiger partial charge in [-0.3, -0.25) is 4.79 Å². The summed E-state index contributed by atoms with van der Waals surface area (Å²) in [7, 11) is 0. The number of carbonyl (C=O) groups excluding carboxylic acids is 1. The largest absolute Gasteiger partial charge is 0.342 e. The molecular formula is C14H27N5O. The van der Waals surface area contributed by atoms with E-state index in [0.717, 1.165) is 39.1 Å². The Labute approximate surface area is 121 Å². The molecule has 1 heterocycles. The second-order valence-electron chi connectivity index (χ2n) is 5.52. The number of azide groups is 1. The van der Waals surface area contributed by atoms with Gasteiger partial charge < -0.3 is 9.80 Å². The predicted molar refractivity (Wildman–Crippen MR) is 80.3 cm³/mol. The van der Waals surface area contributed by atoms with E-state index in [1.165, 1.54) is 12.8 Å². The molecule has 0 saturated carbocycles. The molecule has 0 aromatic carbocycles. The van der Waals surface area contributed by atoms with Crippen molar-refractivity contribution in [2.75, 3.05) is 39.3 Å². The van der Waals surface area contributed by atoms with E-state index in [0.29, 0.717) is 13.0 Å². The quantitative estimate of drug-likeness (QED) is 0.351. The Hall–Kier alpha value is -1.26. The first-order valence-electron chi connectivity index (χ1n) is 7.72. The van der Waals surface area contributed by atoms with Crippen LogP contribution in [0.3, 0.4) is 0 Å². The second kappa shape index (κ2) is 9.61. The minimum atomic E-state index is 0.209. The van der Waals surface area contributed by atoms with Crippen LogP contribution >= 0.6 is 0 Å². The van der Waals surface area contributed by atoms with Crippen LogP contribution in [0.4, 0.5) is 0 Å². The van der Waals surface area contributed by atoms with Gasteiger partial charge in [0.15, 0.2) is 0 Å². The molecule has 1 saturated heterocycles. The molecule has 0 N–H and O–H groups in total. The summed E-state index contributed by atoms with van der Waals surface area (Å²) in [5, 5.41) is 3.57. The van der Waals surface area contributed by atoms with Crippen molar-refractivity contribution in [2.45, 2.75) is 39.5 Å². The molecule has 1 amide bonds. The first kappa shape index (κ1) is 16.8. The van der Waals surface area contributed by atoms with Gasteiger partial charge >= 0.3 is 0 Å². The van der Waals surface area contributed by atoms with Gasteiger partial charge in [0.1, 0.15) is 0 Å². The van der Waals surface area contributed by atoms with Crippen molar-refractivity contribution >= 4 is 5.91 Å². The minimum absolute atomic E-state index is 0.209. The molecular weight excluding hydrogens is 254 g/mol. The van der Waals surface area contributed by atoms with Crippen molar-refractivity contribution in [3.63, 3.8) is 0 Å². The van der Waals surface area contributed by atoms with Gasteiger partial charge in [0, 0.05) is 31.0 Å². The number of amides is 1. The van der Waals surface area contributed by atoms with Crippen LogP contribution < -0.4 is 0 Å². The Morgan fingerprint density at radius 1 is 1.35 bits per heavy atom. The zero-order valence-corrected chi connectivity index (χ0v) is 12.8. The van der Waals surface area contributed by atoms with Gasteiger partial charge in [0.2, 0.25) is 5.91 Å². The Bertz CT molecular complexity index is 334. The summed E-state index contributed by atoms with van der Waals surface area (Å²) in [6.45, 7) is 9.76. The lowest BCUT2D eigenvalue weighted by atomic mass is 10.1. The molecule has 20 heavy (non-hydrogen) atoms. The average Bonchev–Trinajstić information content (AvgIpc) is 2.77. The average molecular weight is 281 g/mol. The van der Waals surface area contributed by atoms with E-state index < -0.39 is 0 Å². The third kappa shape index (κ3) is 5.80. The van der Waals surface area contributed by atoms with Crippen LogP contribution in [0.2, 0.25) is 0 Å². The van der Waals surface area contributed by atoms with Crippen molar-refractivity contribution in [1.82, 2.24) is 9.80 Å². The van der Waals surface area contributed by atoms with Crippen molar-refractivity contribution in [3.05, 3.63) is 10.4 Å². The summed E-state index contributed by atoms with van der Waals surface area (Å²) in [6, 6.07) is 0. The maximum atomic E-state index is 11.9. The maximum Gasteiger partial charge on any atom is 0.222 e. The number of hydrogen-bond donors (Lipinski definition) is 0. The first-order valence-corrected chi connectivity index (χ1v) is 7.72. The molecule has 6 nitrogen and oxygen atoms in total. The van der Waals surface area contributed by atoms with Crippen molar-refractivity contribution < 1.29 is 4.79 Å². The number of rotatable bonds is 10. The highest BCUT2D eigenvalue weighted by Gasteiger charge is 2.28. The molecule has 1 fully saturated rings. The zero-order valence-electron chi connectivity index (χ0n) is 12.8. The second-order valence-corrected chi connectivity index (χ2v) is 5.52. The fraction of sp³-hybridized carbons (Fsp3) is 0.929. The molecule has 0 bridgehead atoms. The smallest absolute Gasteiger partial charge is 0.222 e. The standard InChI is InChI=1S/C14H27N5O/c1-3-6-18(7-4-2)8-5-9-19-12-13(10-14(19)20)11-16-17-15/h13H,3-12H2,1-2H3. The molecule has 1 atom stereocenters. The van der Waals surface area contributed by atoms with E-state index >= 15 is 0 Å². The molecule has 0 aromatic rings. The van der Waals surface area contributed by atoms with Crippen LogP contribution in [0.5, 0.6) is 0 Å². The van der Waals surface area contributed by atoms with E-state index in [1.54, 1.807) is 0 Å². The third-order valence-electron chi connectivity index (χ3n) is 3.68. The number of carbonyl (C=O) groups is 1. The van der Waals surface area contributed by atoms with Gasteiger partial charge in [-0.05, 0) is 50.3 Å². The van der Waals surface area contributed by atoms with Crippen molar-refractivity contribution in [2.24, 2.45) is 11.0 Å². The molecule has 0 spiro atoms. The van der Waals surface area contributed by atoms with Gasteiger partial charge in [-0.1, -0.05) is 19.0 Å². The first-order chi connectivity index (χ1) is 9.71. The van der Waals surface area contributed by atoms with Crippen LogP contribution in [0.15, 0.2) is 5.11 Å². The normalized spacial score (nSPS) is 18.6. The third-order valence-corrected chi connectivity index (χ3v) is 3.68. The topological polar surface area (TPSA) is 72.3 Å². The monoisotopic (exact) mass is 281 g/mol. The lowest BCUT2D eigenvalue weighted by Crippen LogP contribution is -2.32. The number of hydrogen-bond acceptors (Lipinski definition) is 3. The van der Waals surface area contributed by atoms with E-state index in [9.17, 15) is 4.79 Å². The van der Waals surface area contributed by atoms with Crippen LogP contribution in [0.1, 0.15) is 39.5 Å². The van der Waals surface area contributed by atoms with Crippen LogP contribution in [-0.4, -0.2) is 55.0 Å². The molecule has 6 heteroatoms. The fourth-order valence-corrected chi connectivity index (χ4v) is 2.80. The molecule has 1 unspecified atom stereocenters. The highest BCUT2D eigenvalue weighted by Crippen LogP contribution is 2.18. The highest BCUT2D eigenvalue weighted by atomic mass is 16.2. The molecule has 1 aliphatic heterocycles. The maximum absolute atomic E-state index is 11.9. The van der Waals surface area contributed by atoms with Gasteiger partial charge in [0.25, 0.3) is 0 Å². The summed E-state index contributed by atoms with van der Waals surface area (Å²) in [4.78, 5) is 19.0. The summed E-state index contributed by atoms with van der Waals surface area (Å²) in [5.41, 5.74) is 8.32. The minimum Gasteiger partial charge on any atom is -0.342 e. The van der Waals surface area contributed by atoms with Crippen LogP contribution in [0.25, 0.3) is 10.4 Å². The lowest BCUT2D eigenvalue weighted by molar-refractivity contribution is -0.127. The number of likely N-dealkylation sites (tertiary alicyclic amines) is 1. The molecule has 1 rings (SSSR count). The Balaban J connectivity index is 2.27. The van der Waals surface area contributed by atoms with Gasteiger partial charge in [-0.15, -0.1) is 0 Å². The van der Waals surface area contributed by atoms with Crippen molar-refractivity contribution in [3.8, 4) is 0 Å². The number of nitrogens with zero attached hydrogens (tertiary/aromatic N) is 5. The fourth-order valence-electron chi connectivity index (χ4n) is 2.80. The Morgan fingerprint density at radius 2 is 2.05 bits per heavy atom. The van der Waals surface area contributed by atoms with Gasteiger partial charge in [-0.25, -0.2) is 0 Å². The van der Waals surface area contributed by atoms with Crippen molar-refractivity contribution in [1.29, 1.82) is 0 Å². The van der Waals surface area contributed by atoms with Gasteiger partial charge in [0.05, 0.1) is 0 Å². The predicted octanol–water partition coefficient (Wildman–Crippen LogP) is 2.66. The van der Waals surface area contributed by atoms with E-state index in [2.05, 4.69) is 28.8 Å². The summed E-state index contributed by atoms with van der Waals surface area (Å²) in [5.74, 6) is 0.418. The molecule has 1 aliphatic rings. The molecule has 114 valence electrons. The molecule has 0 aliphatic carbocycles.